The molecule has 0 bridgehead atoms. The second kappa shape index (κ2) is 3.94. The highest BCUT2D eigenvalue weighted by atomic mass is 16.5. The number of ether oxygens (including phenoxy) is 2. The van der Waals surface area contributed by atoms with Crippen LogP contribution in [0.5, 0.6) is 0 Å². The van der Waals surface area contributed by atoms with Crippen LogP contribution in [-0.2, 0) is 9.47 Å². The smallest absolute Gasteiger partial charge is 0.0568 e. The zero-order valence-electron chi connectivity index (χ0n) is 6.80. The normalized spacial score (nSPS) is 31.2. The third-order valence-electron chi connectivity index (χ3n) is 1.73. The maximum Gasteiger partial charge on any atom is 0.0568 e. The van der Waals surface area contributed by atoms with Gasteiger partial charge in [-0.1, -0.05) is 6.92 Å². The summed E-state index contributed by atoms with van der Waals surface area (Å²) in [6.45, 7) is 7.23. The molecule has 2 aliphatic heterocycles. The Balaban J connectivity index is 0.0000001000. The van der Waals surface area contributed by atoms with E-state index >= 15 is 0 Å². The Bertz CT molecular complexity index is 73.3. The fraction of sp³-hybridized carbons (Fsp3) is 1.00. The molecule has 0 saturated carbocycles. The van der Waals surface area contributed by atoms with Crippen LogP contribution < -0.4 is 0 Å². The van der Waals surface area contributed by atoms with Gasteiger partial charge in [0.25, 0.3) is 0 Å². The van der Waals surface area contributed by atoms with Gasteiger partial charge in [0.2, 0.25) is 0 Å². The molecule has 0 amide bonds. The molecular weight excluding hydrogens is 128 g/mol. The van der Waals surface area contributed by atoms with E-state index in [-0.39, 0.29) is 0 Å². The zero-order valence-corrected chi connectivity index (χ0v) is 6.80. The van der Waals surface area contributed by atoms with Crippen LogP contribution in [0.15, 0.2) is 0 Å². The van der Waals surface area contributed by atoms with E-state index in [4.69, 9.17) is 9.47 Å². The third-order valence-corrected chi connectivity index (χ3v) is 1.73. The standard InChI is InChI=1S/2C4H8O/c1-4-2-5-3-4;1-4-2-3-5-4/h2*4H,2-3H2,1H3. The van der Waals surface area contributed by atoms with Gasteiger partial charge in [0.1, 0.15) is 0 Å². The Hall–Kier alpha value is -0.0800. The third kappa shape index (κ3) is 2.67. The van der Waals surface area contributed by atoms with Crippen molar-refractivity contribution in [1.82, 2.24) is 0 Å². The van der Waals surface area contributed by atoms with Crippen LogP contribution in [0.1, 0.15) is 20.3 Å². The summed E-state index contributed by atoms with van der Waals surface area (Å²) in [4.78, 5) is 0. The maximum atomic E-state index is 4.93. The van der Waals surface area contributed by atoms with Gasteiger partial charge in [-0.05, 0) is 13.3 Å². The quantitative estimate of drug-likeness (QED) is 0.512. The van der Waals surface area contributed by atoms with E-state index in [1.165, 1.54) is 6.42 Å². The minimum absolute atomic E-state index is 0.565. The largest absolute Gasteiger partial charge is 0.381 e. The van der Waals surface area contributed by atoms with Gasteiger partial charge in [-0.15, -0.1) is 0 Å². The van der Waals surface area contributed by atoms with Gasteiger partial charge in [0.15, 0.2) is 0 Å². The summed E-state index contributed by atoms with van der Waals surface area (Å²) in [5.41, 5.74) is 0. The van der Waals surface area contributed by atoms with Gasteiger partial charge in [0, 0.05) is 12.5 Å². The Morgan fingerprint density at radius 1 is 1.20 bits per heavy atom. The molecule has 2 saturated heterocycles. The van der Waals surface area contributed by atoms with Crippen LogP contribution in [-0.4, -0.2) is 25.9 Å². The molecular formula is C8H16O2. The lowest BCUT2D eigenvalue weighted by Gasteiger charge is -2.20. The SMILES string of the molecule is CC1CCO1.CC1COC1. The van der Waals surface area contributed by atoms with E-state index in [1.807, 2.05) is 0 Å². The van der Waals surface area contributed by atoms with Crippen molar-refractivity contribution >= 4 is 0 Å². The van der Waals surface area contributed by atoms with Crippen LogP contribution in [0.3, 0.4) is 0 Å². The van der Waals surface area contributed by atoms with Crippen molar-refractivity contribution in [2.75, 3.05) is 19.8 Å². The van der Waals surface area contributed by atoms with E-state index in [9.17, 15) is 0 Å². The molecule has 1 unspecified atom stereocenters. The van der Waals surface area contributed by atoms with E-state index in [0.717, 1.165) is 25.7 Å². The molecule has 1 atom stereocenters. The molecule has 0 aromatic rings. The zero-order chi connectivity index (χ0) is 7.40. The first-order valence-electron chi connectivity index (χ1n) is 3.98. The summed E-state index contributed by atoms with van der Waals surface area (Å²) in [6, 6.07) is 0. The minimum Gasteiger partial charge on any atom is -0.381 e. The van der Waals surface area contributed by atoms with Gasteiger partial charge in [-0.25, -0.2) is 0 Å². The molecule has 2 nitrogen and oxygen atoms in total. The lowest BCUT2D eigenvalue weighted by atomic mass is 10.2. The highest BCUT2D eigenvalue weighted by molar-refractivity contribution is 4.57. The lowest BCUT2D eigenvalue weighted by Crippen LogP contribution is -2.23. The minimum atomic E-state index is 0.565. The van der Waals surface area contributed by atoms with E-state index in [2.05, 4.69) is 13.8 Å². The molecule has 0 aromatic heterocycles. The topological polar surface area (TPSA) is 18.5 Å². The molecule has 2 heterocycles. The Labute approximate surface area is 62.5 Å². The van der Waals surface area contributed by atoms with Crippen LogP contribution >= 0.6 is 0 Å². The molecule has 2 fully saturated rings. The summed E-state index contributed by atoms with van der Waals surface area (Å²) in [7, 11) is 0. The molecule has 0 aliphatic carbocycles. The Kier molecular flexibility index (Phi) is 3.16. The molecule has 60 valence electrons. The lowest BCUT2D eigenvalue weighted by molar-refractivity contribution is -0.0375. The molecule has 2 heteroatoms. The fourth-order valence-electron chi connectivity index (χ4n) is 0.707. The average Bonchev–Trinajstić information content (AvgIpc) is 1.80. The predicted octanol–water partition coefficient (Wildman–Crippen LogP) is 1.45. The molecule has 0 spiro atoms. The fourth-order valence-corrected chi connectivity index (χ4v) is 0.707. The average molecular weight is 144 g/mol. The van der Waals surface area contributed by atoms with Crippen LogP contribution in [0.2, 0.25) is 0 Å². The van der Waals surface area contributed by atoms with Crippen molar-refractivity contribution in [2.24, 2.45) is 5.92 Å². The summed E-state index contributed by atoms with van der Waals surface area (Å²) >= 11 is 0. The summed E-state index contributed by atoms with van der Waals surface area (Å²) in [5, 5.41) is 0. The van der Waals surface area contributed by atoms with E-state index < -0.39 is 0 Å². The number of hydrogen-bond acceptors (Lipinski definition) is 2. The summed E-state index contributed by atoms with van der Waals surface area (Å²) < 4.78 is 9.77. The second-order valence-corrected chi connectivity index (χ2v) is 3.11. The maximum absolute atomic E-state index is 4.93. The Morgan fingerprint density at radius 2 is 1.60 bits per heavy atom. The molecule has 2 rings (SSSR count). The highest BCUT2D eigenvalue weighted by Gasteiger charge is 2.10. The van der Waals surface area contributed by atoms with Gasteiger partial charge in [-0.3, -0.25) is 0 Å². The van der Waals surface area contributed by atoms with Crippen molar-refractivity contribution in [3.05, 3.63) is 0 Å². The van der Waals surface area contributed by atoms with E-state index in [0.29, 0.717) is 6.10 Å². The molecule has 10 heavy (non-hydrogen) atoms. The highest BCUT2D eigenvalue weighted by Crippen LogP contribution is 2.07. The van der Waals surface area contributed by atoms with Crippen molar-refractivity contribution in [3.8, 4) is 0 Å². The summed E-state index contributed by atoms with van der Waals surface area (Å²) in [5.74, 6) is 0.843. The molecule has 0 radical (unpaired) electrons. The predicted molar refractivity (Wildman–Crippen MR) is 40.0 cm³/mol. The first-order chi connectivity index (χ1) is 4.79. The van der Waals surface area contributed by atoms with Crippen molar-refractivity contribution in [3.63, 3.8) is 0 Å². The van der Waals surface area contributed by atoms with E-state index in [1.54, 1.807) is 0 Å². The monoisotopic (exact) mass is 144 g/mol. The molecule has 2 aliphatic rings. The second-order valence-electron chi connectivity index (χ2n) is 3.11. The Morgan fingerprint density at radius 3 is 1.60 bits per heavy atom. The van der Waals surface area contributed by atoms with Crippen molar-refractivity contribution in [2.45, 2.75) is 26.4 Å². The molecule has 0 aromatic carbocycles. The molecule has 0 N–H and O–H groups in total. The van der Waals surface area contributed by atoms with Crippen LogP contribution in [0.25, 0.3) is 0 Å². The van der Waals surface area contributed by atoms with Crippen molar-refractivity contribution in [1.29, 1.82) is 0 Å². The van der Waals surface area contributed by atoms with Gasteiger partial charge in [0.05, 0.1) is 19.3 Å². The van der Waals surface area contributed by atoms with Crippen molar-refractivity contribution < 1.29 is 9.47 Å². The van der Waals surface area contributed by atoms with Crippen LogP contribution in [0, 0.1) is 5.92 Å². The summed E-state index contributed by atoms with van der Waals surface area (Å²) in [6.07, 6.45) is 1.83. The van der Waals surface area contributed by atoms with Gasteiger partial charge in [-0.2, -0.15) is 0 Å². The van der Waals surface area contributed by atoms with Gasteiger partial charge >= 0.3 is 0 Å². The first-order valence-corrected chi connectivity index (χ1v) is 3.98. The number of rotatable bonds is 0. The number of hydrogen-bond donors (Lipinski definition) is 0. The van der Waals surface area contributed by atoms with Crippen LogP contribution in [0.4, 0.5) is 0 Å². The first kappa shape index (κ1) is 8.02. The van der Waals surface area contributed by atoms with Gasteiger partial charge < -0.3 is 9.47 Å².